The van der Waals surface area contributed by atoms with Crippen LogP contribution >= 0.6 is 0 Å². The lowest BCUT2D eigenvalue weighted by Crippen LogP contribution is -2.30. The lowest BCUT2D eigenvalue weighted by atomic mass is 10.1. The average Bonchev–Trinajstić information content (AvgIpc) is 2.84. The predicted molar refractivity (Wildman–Crippen MR) is 85.0 cm³/mol. The Hall–Kier alpha value is -1.39. The summed E-state index contributed by atoms with van der Waals surface area (Å²) in [5, 5.41) is 0. The highest BCUT2D eigenvalue weighted by molar-refractivity contribution is 5.96. The van der Waals surface area contributed by atoms with Crippen molar-refractivity contribution < 1.29 is 9.53 Å². The summed E-state index contributed by atoms with van der Waals surface area (Å²) < 4.78 is 5.78. The molecular weight excluding hydrogens is 264 g/mol. The van der Waals surface area contributed by atoms with Crippen LogP contribution in [0.1, 0.15) is 23.7 Å². The summed E-state index contributed by atoms with van der Waals surface area (Å²) in [6.45, 7) is 6.59. The minimum absolute atomic E-state index is 0.0490. The molecule has 0 radical (unpaired) electrons. The van der Waals surface area contributed by atoms with E-state index in [4.69, 9.17) is 4.74 Å². The van der Waals surface area contributed by atoms with Gasteiger partial charge in [-0.25, -0.2) is 0 Å². The number of ether oxygens (including phenoxy) is 1. The van der Waals surface area contributed by atoms with E-state index in [0.29, 0.717) is 17.9 Å². The number of likely N-dealkylation sites (N-methyl/N-ethyl adjacent to an activating group) is 1. The fourth-order valence-corrected chi connectivity index (χ4v) is 2.90. The monoisotopic (exact) mass is 290 g/mol. The van der Waals surface area contributed by atoms with Crippen molar-refractivity contribution in [2.45, 2.75) is 13.3 Å². The average molecular weight is 290 g/mol. The van der Waals surface area contributed by atoms with Crippen LogP contribution in [0.3, 0.4) is 0 Å². The zero-order valence-electron chi connectivity index (χ0n) is 13.3. The van der Waals surface area contributed by atoms with E-state index in [-0.39, 0.29) is 5.78 Å². The molecule has 21 heavy (non-hydrogen) atoms. The molecule has 0 amide bonds. The maximum absolute atomic E-state index is 11.5. The van der Waals surface area contributed by atoms with Crippen LogP contribution in [0.15, 0.2) is 24.3 Å². The van der Waals surface area contributed by atoms with Crippen LogP contribution in [-0.2, 0) is 0 Å². The van der Waals surface area contributed by atoms with Gasteiger partial charge in [-0.2, -0.15) is 0 Å². The Bertz CT molecular complexity index is 476. The second-order valence-corrected chi connectivity index (χ2v) is 6.08. The molecule has 1 aliphatic heterocycles. The molecule has 1 fully saturated rings. The van der Waals surface area contributed by atoms with Crippen LogP contribution in [0.4, 0.5) is 0 Å². The number of rotatable bonds is 7. The molecule has 1 aliphatic rings. The summed E-state index contributed by atoms with van der Waals surface area (Å²) in [5.74, 6) is 1.51. The number of para-hydroxylation sites is 1. The van der Waals surface area contributed by atoms with E-state index in [2.05, 4.69) is 23.9 Å². The van der Waals surface area contributed by atoms with Crippen molar-refractivity contribution in [3.8, 4) is 5.75 Å². The van der Waals surface area contributed by atoms with Crippen molar-refractivity contribution >= 4 is 5.78 Å². The van der Waals surface area contributed by atoms with Crippen LogP contribution in [0.5, 0.6) is 5.75 Å². The Morgan fingerprint density at radius 3 is 2.86 bits per heavy atom. The Morgan fingerprint density at radius 1 is 1.43 bits per heavy atom. The van der Waals surface area contributed by atoms with Gasteiger partial charge in [-0.05, 0) is 52.0 Å². The molecule has 0 aromatic heterocycles. The first-order chi connectivity index (χ1) is 10.1. The van der Waals surface area contributed by atoms with Crippen LogP contribution in [-0.4, -0.2) is 62.5 Å². The summed E-state index contributed by atoms with van der Waals surface area (Å²) in [6.07, 6.45) is 1.29. The van der Waals surface area contributed by atoms with Crippen LogP contribution in [0.25, 0.3) is 0 Å². The van der Waals surface area contributed by atoms with Gasteiger partial charge in [0.1, 0.15) is 12.4 Å². The summed E-state index contributed by atoms with van der Waals surface area (Å²) >= 11 is 0. The number of likely N-dealkylation sites (tertiary alicyclic amines) is 1. The molecule has 4 nitrogen and oxygen atoms in total. The van der Waals surface area contributed by atoms with E-state index in [1.165, 1.54) is 19.5 Å². The predicted octanol–water partition coefficient (Wildman–Crippen LogP) is 2.15. The van der Waals surface area contributed by atoms with E-state index in [1.54, 1.807) is 6.92 Å². The van der Waals surface area contributed by atoms with Gasteiger partial charge in [0, 0.05) is 19.6 Å². The second-order valence-electron chi connectivity index (χ2n) is 6.08. The molecule has 2 rings (SSSR count). The van der Waals surface area contributed by atoms with Crippen molar-refractivity contribution in [3.05, 3.63) is 29.8 Å². The largest absolute Gasteiger partial charge is 0.491 e. The third-order valence-electron chi connectivity index (χ3n) is 4.06. The van der Waals surface area contributed by atoms with Crippen molar-refractivity contribution in [1.82, 2.24) is 9.80 Å². The SMILES string of the molecule is CC(=O)c1ccccc1OCCN(C)CC1CCN(C)C1. The summed E-state index contributed by atoms with van der Waals surface area (Å²) in [7, 11) is 4.32. The Labute approximate surface area is 127 Å². The van der Waals surface area contributed by atoms with E-state index >= 15 is 0 Å². The summed E-state index contributed by atoms with van der Waals surface area (Å²) in [6, 6.07) is 7.45. The number of benzene rings is 1. The molecule has 0 saturated carbocycles. The maximum Gasteiger partial charge on any atom is 0.163 e. The lowest BCUT2D eigenvalue weighted by Gasteiger charge is -2.21. The number of Topliss-reactive ketones (excluding diaryl/α,β-unsaturated/α-hetero) is 1. The van der Waals surface area contributed by atoms with Crippen LogP contribution < -0.4 is 4.74 Å². The highest BCUT2D eigenvalue weighted by Crippen LogP contribution is 2.18. The maximum atomic E-state index is 11.5. The van der Waals surface area contributed by atoms with Gasteiger partial charge in [0.2, 0.25) is 0 Å². The third kappa shape index (κ3) is 4.83. The fraction of sp³-hybridized carbons (Fsp3) is 0.588. The highest BCUT2D eigenvalue weighted by Gasteiger charge is 2.20. The number of carbonyl (C=O) groups is 1. The quantitative estimate of drug-likeness (QED) is 0.720. The van der Waals surface area contributed by atoms with Crippen molar-refractivity contribution in [2.75, 3.05) is 46.9 Å². The molecular formula is C17H26N2O2. The molecule has 4 heteroatoms. The van der Waals surface area contributed by atoms with Gasteiger partial charge in [-0.3, -0.25) is 4.79 Å². The molecule has 1 unspecified atom stereocenters. The molecule has 0 bridgehead atoms. The first-order valence-electron chi connectivity index (χ1n) is 7.66. The van der Waals surface area contributed by atoms with Crippen molar-refractivity contribution in [2.24, 2.45) is 5.92 Å². The zero-order valence-corrected chi connectivity index (χ0v) is 13.3. The smallest absolute Gasteiger partial charge is 0.163 e. The number of ketones is 1. The van der Waals surface area contributed by atoms with E-state index < -0.39 is 0 Å². The first kappa shape index (κ1) is 16.0. The van der Waals surface area contributed by atoms with E-state index in [9.17, 15) is 4.79 Å². The third-order valence-corrected chi connectivity index (χ3v) is 4.06. The number of carbonyl (C=O) groups excluding carboxylic acids is 1. The number of hydrogen-bond donors (Lipinski definition) is 0. The molecule has 0 aliphatic carbocycles. The molecule has 1 atom stereocenters. The minimum Gasteiger partial charge on any atom is -0.491 e. The van der Waals surface area contributed by atoms with Gasteiger partial charge in [-0.15, -0.1) is 0 Å². The van der Waals surface area contributed by atoms with Crippen LogP contribution in [0, 0.1) is 5.92 Å². The molecule has 116 valence electrons. The standard InChI is InChI=1S/C17H26N2O2/c1-14(20)16-6-4-5-7-17(16)21-11-10-19(3)13-15-8-9-18(2)12-15/h4-7,15H,8-13H2,1-3H3. The Kier molecular flexibility index (Phi) is 5.76. The normalized spacial score (nSPS) is 19.1. The highest BCUT2D eigenvalue weighted by atomic mass is 16.5. The molecule has 0 spiro atoms. The van der Waals surface area contributed by atoms with E-state index in [0.717, 1.165) is 19.0 Å². The Balaban J connectivity index is 1.75. The number of hydrogen-bond acceptors (Lipinski definition) is 4. The number of nitrogens with zero attached hydrogens (tertiary/aromatic N) is 2. The molecule has 1 aromatic rings. The Morgan fingerprint density at radius 2 is 2.19 bits per heavy atom. The van der Waals surface area contributed by atoms with Gasteiger partial charge in [-0.1, -0.05) is 12.1 Å². The van der Waals surface area contributed by atoms with E-state index in [1.807, 2.05) is 24.3 Å². The topological polar surface area (TPSA) is 32.8 Å². The summed E-state index contributed by atoms with van der Waals surface area (Å²) in [4.78, 5) is 16.2. The second kappa shape index (κ2) is 7.57. The molecule has 1 heterocycles. The summed E-state index contributed by atoms with van der Waals surface area (Å²) in [5.41, 5.74) is 0.664. The van der Waals surface area contributed by atoms with Crippen LogP contribution in [0.2, 0.25) is 0 Å². The molecule has 1 saturated heterocycles. The molecule has 1 aromatic carbocycles. The first-order valence-corrected chi connectivity index (χ1v) is 7.66. The molecule has 0 N–H and O–H groups in total. The van der Waals surface area contributed by atoms with Gasteiger partial charge in [0.15, 0.2) is 5.78 Å². The fourth-order valence-electron chi connectivity index (χ4n) is 2.90. The van der Waals surface area contributed by atoms with Crippen molar-refractivity contribution in [3.63, 3.8) is 0 Å². The van der Waals surface area contributed by atoms with Gasteiger partial charge in [0.25, 0.3) is 0 Å². The van der Waals surface area contributed by atoms with Crippen molar-refractivity contribution in [1.29, 1.82) is 0 Å². The van der Waals surface area contributed by atoms with Gasteiger partial charge < -0.3 is 14.5 Å². The zero-order chi connectivity index (χ0) is 15.2. The minimum atomic E-state index is 0.0490. The van der Waals surface area contributed by atoms with Gasteiger partial charge in [0.05, 0.1) is 5.56 Å². The lowest BCUT2D eigenvalue weighted by molar-refractivity contribution is 0.101. The van der Waals surface area contributed by atoms with Gasteiger partial charge >= 0.3 is 0 Å².